The van der Waals surface area contributed by atoms with E-state index in [1.165, 1.54) is 0 Å². The molecule has 3 amide bonds. The third kappa shape index (κ3) is 5.74. The molecule has 1 aromatic carbocycles. The van der Waals surface area contributed by atoms with Crippen LogP contribution in [-0.2, 0) is 9.53 Å². The van der Waals surface area contributed by atoms with Crippen LogP contribution in [0, 0.1) is 5.92 Å². The molecular weight excluding hydrogens is 430 g/mol. The number of nitrogens with zero attached hydrogens (tertiary/aromatic N) is 3. The zero-order valence-electron chi connectivity index (χ0n) is 16.4. The smallest absolute Gasteiger partial charge is 0.286 e. The van der Waals surface area contributed by atoms with Gasteiger partial charge in [0.1, 0.15) is 0 Å². The van der Waals surface area contributed by atoms with Crippen molar-refractivity contribution in [1.29, 1.82) is 0 Å². The second kappa shape index (κ2) is 10.5. The quantitative estimate of drug-likeness (QED) is 0.623. The number of benzene rings is 1. The molecule has 11 heteroatoms. The lowest BCUT2D eigenvalue weighted by molar-refractivity contribution is -0.126. The van der Waals surface area contributed by atoms with Gasteiger partial charge >= 0.3 is 0 Å². The van der Waals surface area contributed by atoms with Crippen molar-refractivity contribution < 1.29 is 19.1 Å². The molecule has 2 aromatic rings. The minimum absolute atomic E-state index is 0.0185. The third-order valence-corrected chi connectivity index (χ3v) is 5.79. The van der Waals surface area contributed by atoms with Gasteiger partial charge < -0.3 is 20.3 Å². The summed E-state index contributed by atoms with van der Waals surface area (Å²) in [6, 6.07) is 6.73. The van der Waals surface area contributed by atoms with Crippen molar-refractivity contribution in [2.24, 2.45) is 5.92 Å². The Morgan fingerprint density at radius 1 is 1.23 bits per heavy atom. The Morgan fingerprint density at radius 2 is 1.97 bits per heavy atom. The van der Waals surface area contributed by atoms with Crippen LogP contribution in [-0.4, -0.2) is 66.2 Å². The fraction of sp³-hybridized carbons (Fsp3) is 0.421. The second-order valence-corrected chi connectivity index (χ2v) is 8.14. The highest BCUT2D eigenvalue weighted by atomic mass is 35.5. The molecule has 0 spiro atoms. The van der Waals surface area contributed by atoms with Crippen molar-refractivity contribution in [3.05, 3.63) is 39.3 Å². The number of amides is 3. The van der Waals surface area contributed by atoms with Crippen LogP contribution in [0.4, 0.5) is 5.69 Å². The van der Waals surface area contributed by atoms with E-state index in [0.29, 0.717) is 49.8 Å². The van der Waals surface area contributed by atoms with Crippen LogP contribution in [0.15, 0.2) is 24.3 Å². The van der Waals surface area contributed by atoms with Gasteiger partial charge in [-0.25, -0.2) is 0 Å². The number of anilines is 1. The van der Waals surface area contributed by atoms with Crippen molar-refractivity contribution in [2.75, 3.05) is 38.7 Å². The highest BCUT2D eigenvalue weighted by molar-refractivity contribution is 7.15. The normalized spacial score (nSPS) is 14.4. The van der Waals surface area contributed by atoms with Crippen LogP contribution >= 0.6 is 22.9 Å². The maximum atomic E-state index is 12.7. The minimum atomic E-state index is -0.458. The van der Waals surface area contributed by atoms with Gasteiger partial charge in [0.2, 0.25) is 15.9 Å². The Hall–Kier alpha value is -2.56. The van der Waals surface area contributed by atoms with Crippen LogP contribution in [0.5, 0.6) is 0 Å². The highest BCUT2D eigenvalue weighted by Gasteiger charge is 2.29. The molecule has 1 aliphatic heterocycles. The molecule has 1 aromatic heterocycles. The zero-order valence-corrected chi connectivity index (χ0v) is 18.0. The van der Waals surface area contributed by atoms with Gasteiger partial charge in [-0.3, -0.25) is 14.4 Å². The van der Waals surface area contributed by atoms with Crippen LogP contribution in [0.1, 0.15) is 32.4 Å². The number of piperidine rings is 1. The van der Waals surface area contributed by atoms with Crippen LogP contribution in [0.25, 0.3) is 0 Å². The SMILES string of the molecule is COCCNC(=O)C1CCN(C(=O)c2nnc(C(=O)Nc3cccc(Cl)c3)s2)CC1. The molecule has 2 heterocycles. The highest BCUT2D eigenvalue weighted by Crippen LogP contribution is 2.21. The molecule has 3 rings (SSSR count). The molecular formula is C19H22ClN5O4S. The Kier molecular flexibility index (Phi) is 7.72. The van der Waals surface area contributed by atoms with E-state index < -0.39 is 5.91 Å². The largest absolute Gasteiger partial charge is 0.383 e. The van der Waals surface area contributed by atoms with Gasteiger partial charge in [0.15, 0.2) is 0 Å². The van der Waals surface area contributed by atoms with E-state index in [4.69, 9.17) is 16.3 Å². The maximum Gasteiger partial charge on any atom is 0.286 e. The number of methoxy groups -OCH3 is 1. The molecule has 1 fully saturated rings. The zero-order chi connectivity index (χ0) is 21.5. The van der Waals surface area contributed by atoms with Crippen molar-refractivity contribution in [1.82, 2.24) is 20.4 Å². The summed E-state index contributed by atoms with van der Waals surface area (Å²) in [6.45, 7) is 1.84. The number of carbonyl (C=O) groups is 3. The van der Waals surface area contributed by atoms with Gasteiger partial charge in [0.25, 0.3) is 11.8 Å². The molecule has 0 saturated carbocycles. The molecule has 0 aliphatic carbocycles. The monoisotopic (exact) mass is 451 g/mol. The van der Waals surface area contributed by atoms with Gasteiger partial charge in [-0.15, -0.1) is 10.2 Å². The number of hydrogen-bond donors (Lipinski definition) is 2. The molecule has 1 saturated heterocycles. The van der Waals surface area contributed by atoms with Crippen molar-refractivity contribution >= 4 is 46.3 Å². The lowest BCUT2D eigenvalue weighted by Gasteiger charge is -2.30. The molecule has 0 radical (unpaired) electrons. The van der Waals surface area contributed by atoms with Gasteiger partial charge in [0.05, 0.1) is 6.61 Å². The lowest BCUT2D eigenvalue weighted by atomic mass is 9.96. The summed E-state index contributed by atoms with van der Waals surface area (Å²) < 4.78 is 4.92. The number of aromatic nitrogens is 2. The fourth-order valence-corrected chi connectivity index (χ4v) is 3.95. The number of rotatable bonds is 7. The van der Waals surface area contributed by atoms with E-state index in [1.807, 2.05) is 0 Å². The number of nitrogens with one attached hydrogen (secondary N) is 2. The minimum Gasteiger partial charge on any atom is -0.383 e. The Morgan fingerprint density at radius 3 is 2.67 bits per heavy atom. The van der Waals surface area contributed by atoms with E-state index >= 15 is 0 Å². The van der Waals surface area contributed by atoms with Crippen LogP contribution < -0.4 is 10.6 Å². The predicted octanol–water partition coefficient (Wildman–Crippen LogP) is 2.06. The van der Waals surface area contributed by atoms with E-state index in [2.05, 4.69) is 20.8 Å². The molecule has 160 valence electrons. The topological polar surface area (TPSA) is 114 Å². The summed E-state index contributed by atoms with van der Waals surface area (Å²) in [5, 5.41) is 13.9. The van der Waals surface area contributed by atoms with Crippen molar-refractivity contribution in [2.45, 2.75) is 12.8 Å². The first-order valence-electron chi connectivity index (χ1n) is 9.44. The number of carbonyl (C=O) groups excluding carboxylic acids is 3. The number of ether oxygens (including phenoxy) is 1. The van der Waals surface area contributed by atoms with Gasteiger partial charge in [-0.2, -0.15) is 0 Å². The summed E-state index contributed by atoms with van der Waals surface area (Å²) >= 11 is 6.85. The molecule has 2 N–H and O–H groups in total. The van der Waals surface area contributed by atoms with Crippen LogP contribution in [0.2, 0.25) is 5.02 Å². The summed E-state index contributed by atoms with van der Waals surface area (Å²) in [4.78, 5) is 38.8. The average molecular weight is 452 g/mol. The third-order valence-electron chi connectivity index (χ3n) is 4.64. The fourth-order valence-electron chi connectivity index (χ4n) is 3.05. The Bertz CT molecular complexity index is 914. The molecule has 0 atom stereocenters. The van der Waals surface area contributed by atoms with E-state index in [-0.39, 0.29) is 27.7 Å². The van der Waals surface area contributed by atoms with E-state index in [9.17, 15) is 14.4 Å². The summed E-state index contributed by atoms with van der Waals surface area (Å²) in [7, 11) is 1.58. The van der Waals surface area contributed by atoms with E-state index in [0.717, 1.165) is 11.3 Å². The van der Waals surface area contributed by atoms with Gasteiger partial charge in [-0.05, 0) is 31.0 Å². The number of hydrogen-bond acceptors (Lipinski definition) is 7. The first-order valence-corrected chi connectivity index (χ1v) is 10.6. The van der Waals surface area contributed by atoms with Crippen molar-refractivity contribution in [3.8, 4) is 0 Å². The van der Waals surface area contributed by atoms with E-state index in [1.54, 1.807) is 36.3 Å². The first-order chi connectivity index (χ1) is 14.5. The number of likely N-dealkylation sites (tertiary alicyclic amines) is 1. The molecule has 0 unspecified atom stereocenters. The molecule has 1 aliphatic rings. The summed E-state index contributed by atoms with van der Waals surface area (Å²) in [5.41, 5.74) is 0.529. The molecule has 30 heavy (non-hydrogen) atoms. The summed E-state index contributed by atoms with van der Waals surface area (Å²) in [6.07, 6.45) is 1.15. The maximum absolute atomic E-state index is 12.7. The van der Waals surface area contributed by atoms with Crippen LogP contribution in [0.3, 0.4) is 0 Å². The Balaban J connectivity index is 1.53. The standard InChI is InChI=1S/C19H22ClN5O4S/c1-29-10-7-21-15(26)12-5-8-25(9-6-12)19(28)18-24-23-17(30-18)16(27)22-14-4-2-3-13(20)11-14/h2-4,11-12H,5-10H2,1H3,(H,21,26)(H,22,27). The average Bonchev–Trinajstić information content (AvgIpc) is 3.24. The molecule has 0 bridgehead atoms. The van der Waals surface area contributed by atoms with Gasteiger partial charge in [0, 0.05) is 43.4 Å². The van der Waals surface area contributed by atoms with Crippen molar-refractivity contribution in [3.63, 3.8) is 0 Å². The lowest BCUT2D eigenvalue weighted by Crippen LogP contribution is -2.43. The second-order valence-electron chi connectivity index (χ2n) is 6.73. The predicted molar refractivity (Wildman–Crippen MR) is 113 cm³/mol. The summed E-state index contributed by atoms with van der Waals surface area (Å²) in [5.74, 6) is -0.887. The Labute approximate surface area is 182 Å². The molecule has 9 nitrogen and oxygen atoms in total. The van der Waals surface area contributed by atoms with Gasteiger partial charge in [-0.1, -0.05) is 29.0 Å². The first kappa shape index (κ1) is 22.1. The number of halogens is 1.